The Morgan fingerprint density at radius 3 is 2.27 bits per heavy atom. The minimum Gasteiger partial charge on any atom is -0.469 e. The first-order valence-corrected chi connectivity index (χ1v) is 14.9. The van der Waals surface area contributed by atoms with Gasteiger partial charge in [0.25, 0.3) is 0 Å². The molecule has 5 heteroatoms. The van der Waals surface area contributed by atoms with Crippen LogP contribution in [0, 0.1) is 11.8 Å². The van der Waals surface area contributed by atoms with E-state index in [1.165, 1.54) is 12.7 Å². The second-order valence-electron chi connectivity index (χ2n) is 10.9. The summed E-state index contributed by atoms with van der Waals surface area (Å²) in [4.78, 5) is 11.2. The SMILES string of the molecule is COC(=O)CCCCCCC1C(O)CC(O[Si](C)(C)C(C)(C)C)C1CCC=C(C)C. The Hall–Kier alpha value is -0.653. The minimum absolute atomic E-state index is 0.119. The van der Waals surface area contributed by atoms with Crippen molar-refractivity contribution in [2.24, 2.45) is 11.8 Å². The molecule has 0 aromatic heterocycles. The summed E-state index contributed by atoms with van der Waals surface area (Å²) in [6, 6.07) is 0. The summed E-state index contributed by atoms with van der Waals surface area (Å²) >= 11 is 0. The van der Waals surface area contributed by atoms with E-state index in [0.29, 0.717) is 18.3 Å². The number of unbranched alkanes of at least 4 members (excludes halogenated alkanes) is 3. The van der Waals surface area contributed by atoms with Gasteiger partial charge in [-0.05, 0) is 75.9 Å². The van der Waals surface area contributed by atoms with E-state index in [1.54, 1.807) is 0 Å². The maximum Gasteiger partial charge on any atom is 0.305 e. The third-order valence-electron chi connectivity index (χ3n) is 7.20. The first-order chi connectivity index (χ1) is 13.9. The van der Waals surface area contributed by atoms with Gasteiger partial charge in [0, 0.05) is 6.42 Å². The molecule has 0 aliphatic heterocycles. The summed E-state index contributed by atoms with van der Waals surface area (Å²) in [7, 11) is -0.420. The highest BCUT2D eigenvalue weighted by molar-refractivity contribution is 6.74. The lowest BCUT2D eigenvalue weighted by atomic mass is 9.85. The molecule has 0 spiro atoms. The smallest absolute Gasteiger partial charge is 0.305 e. The molecular formula is C25H48O4Si. The fourth-order valence-corrected chi connectivity index (χ4v) is 5.70. The molecule has 1 N–H and O–H groups in total. The Labute approximate surface area is 186 Å². The van der Waals surface area contributed by atoms with Crippen LogP contribution in [0.25, 0.3) is 0 Å². The van der Waals surface area contributed by atoms with E-state index in [1.807, 2.05) is 0 Å². The lowest BCUT2D eigenvalue weighted by Crippen LogP contribution is -2.45. The van der Waals surface area contributed by atoms with Crippen molar-refractivity contribution in [2.45, 2.75) is 123 Å². The third-order valence-corrected chi connectivity index (χ3v) is 11.7. The molecule has 0 aromatic rings. The van der Waals surface area contributed by atoms with Crippen LogP contribution in [0.5, 0.6) is 0 Å². The second-order valence-corrected chi connectivity index (χ2v) is 15.7. The average molecular weight is 441 g/mol. The predicted octanol–water partition coefficient (Wildman–Crippen LogP) is 6.63. The number of methoxy groups -OCH3 is 1. The number of carbonyl (C=O) groups is 1. The van der Waals surface area contributed by atoms with Crippen LogP contribution < -0.4 is 0 Å². The molecule has 0 amide bonds. The summed E-state index contributed by atoms with van der Waals surface area (Å²) in [5.74, 6) is 0.636. The zero-order valence-corrected chi connectivity index (χ0v) is 21.9. The molecule has 0 heterocycles. The van der Waals surface area contributed by atoms with Crippen LogP contribution in [0.2, 0.25) is 18.1 Å². The van der Waals surface area contributed by atoms with Gasteiger partial charge in [0.2, 0.25) is 0 Å². The monoisotopic (exact) mass is 440 g/mol. The summed E-state index contributed by atoms with van der Waals surface area (Å²) < 4.78 is 11.5. The fourth-order valence-electron chi connectivity index (χ4n) is 4.32. The molecule has 4 nitrogen and oxygen atoms in total. The highest BCUT2D eigenvalue weighted by Crippen LogP contribution is 2.45. The number of aliphatic hydroxyl groups is 1. The molecular weight excluding hydrogens is 392 g/mol. The van der Waals surface area contributed by atoms with Gasteiger partial charge in [0.15, 0.2) is 8.32 Å². The quantitative estimate of drug-likeness (QED) is 0.160. The number of rotatable bonds is 12. The van der Waals surface area contributed by atoms with Crippen molar-refractivity contribution in [3.05, 3.63) is 11.6 Å². The van der Waals surface area contributed by atoms with Crippen molar-refractivity contribution in [1.29, 1.82) is 0 Å². The van der Waals surface area contributed by atoms with Gasteiger partial charge in [0.05, 0.1) is 19.3 Å². The molecule has 1 rings (SSSR count). The minimum atomic E-state index is -1.87. The van der Waals surface area contributed by atoms with Crippen molar-refractivity contribution < 1.29 is 19.1 Å². The van der Waals surface area contributed by atoms with Crippen molar-refractivity contribution in [2.75, 3.05) is 7.11 Å². The van der Waals surface area contributed by atoms with Crippen LogP contribution in [-0.4, -0.2) is 38.7 Å². The molecule has 176 valence electrons. The van der Waals surface area contributed by atoms with E-state index in [0.717, 1.165) is 51.4 Å². The molecule has 0 saturated heterocycles. The van der Waals surface area contributed by atoms with Gasteiger partial charge in [-0.1, -0.05) is 51.7 Å². The Morgan fingerprint density at radius 1 is 1.07 bits per heavy atom. The summed E-state index contributed by atoms with van der Waals surface area (Å²) in [6.07, 6.45) is 10.9. The van der Waals surface area contributed by atoms with E-state index in [4.69, 9.17) is 9.16 Å². The largest absolute Gasteiger partial charge is 0.469 e. The van der Waals surface area contributed by atoms with Gasteiger partial charge < -0.3 is 14.3 Å². The summed E-state index contributed by atoms with van der Waals surface area (Å²) in [5.41, 5.74) is 1.36. The first kappa shape index (κ1) is 27.4. The van der Waals surface area contributed by atoms with E-state index >= 15 is 0 Å². The summed E-state index contributed by atoms with van der Waals surface area (Å²) in [6.45, 7) is 15.8. The normalized spacial score (nSPS) is 24.7. The van der Waals surface area contributed by atoms with Gasteiger partial charge >= 0.3 is 5.97 Å². The maximum absolute atomic E-state index is 11.2. The maximum atomic E-state index is 11.2. The molecule has 1 fully saturated rings. The second kappa shape index (κ2) is 12.4. The van der Waals surface area contributed by atoms with Crippen LogP contribution >= 0.6 is 0 Å². The van der Waals surface area contributed by atoms with Crippen LogP contribution in [0.3, 0.4) is 0 Å². The lowest BCUT2D eigenvalue weighted by molar-refractivity contribution is -0.140. The van der Waals surface area contributed by atoms with Crippen LogP contribution in [-0.2, 0) is 14.0 Å². The number of esters is 1. The third kappa shape index (κ3) is 8.84. The molecule has 0 radical (unpaired) electrons. The fraction of sp³-hybridized carbons (Fsp3) is 0.880. The Balaban J connectivity index is 2.70. The van der Waals surface area contributed by atoms with Crippen molar-refractivity contribution in [3.8, 4) is 0 Å². The van der Waals surface area contributed by atoms with Gasteiger partial charge in [-0.2, -0.15) is 0 Å². The number of hydrogen-bond acceptors (Lipinski definition) is 4. The Morgan fingerprint density at radius 2 is 1.70 bits per heavy atom. The van der Waals surface area contributed by atoms with Crippen LogP contribution in [0.1, 0.15) is 92.4 Å². The Bertz CT molecular complexity index is 546. The van der Waals surface area contributed by atoms with Gasteiger partial charge in [0.1, 0.15) is 0 Å². The van der Waals surface area contributed by atoms with Crippen LogP contribution in [0.4, 0.5) is 0 Å². The predicted molar refractivity (Wildman–Crippen MR) is 128 cm³/mol. The highest BCUT2D eigenvalue weighted by Gasteiger charge is 2.47. The molecule has 4 atom stereocenters. The number of allylic oxidation sites excluding steroid dienone is 2. The number of aliphatic hydroxyl groups excluding tert-OH is 1. The molecule has 30 heavy (non-hydrogen) atoms. The lowest BCUT2D eigenvalue weighted by Gasteiger charge is -2.40. The Kier molecular flexibility index (Phi) is 11.3. The van der Waals surface area contributed by atoms with E-state index in [-0.39, 0.29) is 23.2 Å². The number of carbonyl (C=O) groups excluding carboxylic acids is 1. The molecule has 0 aromatic carbocycles. The zero-order valence-electron chi connectivity index (χ0n) is 20.9. The first-order valence-electron chi connectivity index (χ1n) is 11.9. The molecule has 1 aliphatic carbocycles. The van der Waals surface area contributed by atoms with Crippen molar-refractivity contribution in [3.63, 3.8) is 0 Å². The summed E-state index contributed by atoms with van der Waals surface area (Å²) in [5, 5.41) is 11.1. The van der Waals surface area contributed by atoms with E-state index in [2.05, 4.69) is 53.8 Å². The van der Waals surface area contributed by atoms with Crippen molar-refractivity contribution in [1.82, 2.24) is 0 Å². The topological polar surface area (TPSA) is 55.8 Å². The molecule has 4 unspecified atom stereocenters. The standard InChI is InChI=1S/C25H48O4Si/c1-19(2)14-13-16-21-20(15-11-9-10-12-17-24(27)28-6)22(26)18-23(21)29-30(7,8)25(3,4)5/h14,20-23,26H,9-13,15-18H2,1-8H3. The molecule has 0 bridgehead atoms. The highest BCUT2D eigenvalue weighted by atomic mass is 28.4. The van der Waals surface area contributed by atoms with Gasteiger partial charge in [-0.15, -0.1) is 0 Å². The number of ether oxygens (including phenoxy) is 1. The zero-order chi connectivity index (χ0) is 22.9. The molecule has 1 aliphatic rings. The average Bonchev–Trinajstić information content (AvgIpc) is 2.90. The van der Waals surface area contributed by atoms with Crippen molar-refractivity contribution >= 4 is 14.3 Å². The van der Waals surface area contributed by atoms with Crippen LogP contribution in [0.15, 0.2) is 11.6 Å². The van der Waals surface area contributed by atoms with Gasteiger partial charge in [-0.3, -0.25) is 4.79 Å². The molecule has 1 saturated carbocycles. The van der Waals surface area contributed by atoms with E-state index in [9.17, 15) is 9.90 Å². The van der Waals surface area contributed by atoms with E-state index < -0.39 is 8.32 Å². The number of hydrogen-bond donors (Lipinski definition) is 1. The van der Waals surface area contributed by atoms with Gasteiger partial charge in [-0.25, -0.2) is 0 Å².